The van der Waals surface area contributed by atoms with E-state index in [1.807, 2.05) is 68.4 Å². The summed E-state index contributed by atoms with van der Waals surface area (Å²) in [7, 11) is -3.96. The average Bonchev–Trinajstić information content (AvgIpc) is 3.15. The Morgan fingerprint density at radius 2 is 1.66 bits per heavy atom. The quantitative estimate of drug-likeness (QED) is 0.303. The zero-order valence-corrected chi connectivity index (χ0v) is 25.5. The van der Waals surface area contributed by atoms with Crippen molar-refractivity contribution in [3.8, 4) is 0 Å². The molecule has 0 spiro atoms. The predicted molar refractivity (Wildman–Crippen MR) is 160 cm³/mol. The van der Waals surface area contributed by atoms with Crippen LogP contribution in [-0.2, 0) is 32.6 Å². The fourth-order valence-electron chi connectivity index (χ4n) is 4.80. The van der Waals surface area contributed by atoms with Crippen molar-refractivity contribution >= 4 is 43.7 Å². The molecule has 1 heterocycles. The maximum atomic E-state index is 13.8. The SMILES string of the molecule is CC[C@H](C)NC(=O)[C@H](Cc1ccccc1)N(Cc1cccc(Br)c1)C(=O)CCCN1C(=O)c2ccccc2S1(=O)=O. The van der Waals surface area contributed by atoms with Crippen LogP contribution < -0.4 is 5.32 Å². The van der Waals surface area contributed by atoms with Gasteiger partial charge in [0.2, 0.25) is 11.8 Å². The third-order valence-electron chi connectivity index (χ3n) is 7.18. The van der Waals surface area contributed by atoms with Gasteiger partial charge >= 0.3 is 0 Å². The standard InChI is InChI=1S/C31H34BrN3O5S/c1-3-22(2)33-30(37)27(20-23-11-5-4-6-12-23)34(21-24-13-9-14-25(32)19-24)29(36)17-10-18-35-31(38)26-15-7-8-16-28(26)41(35,39)40/h4-9,11-16,19,22,27H,3,10,17-18,20-21H2,1-2H3,(H,33,37)/t22-,27-/m0/s1. The van der Waals surface area contributed by atoms with Crippen LogP contribution in [0.3, 0.4) is 0 Å². The van der Waals surface area contributed by atoms with Gasteiger partial charge in [0, 0.05) is 36.4 Å². The van der Waals surface area contributed by atoms with Crippen LogP contribution in [0.15, 0.2) is 88.2 Å². The second-order valence-corrected chi connectivity index (χ2v) is 12.9. The fourth-order valence-corrected chi connectivity index (χ4v) is 6.85. The zero-order chi connectivity index (χ0) is 29.6. The number of hydrogen-bond donors (Lipinski definition) is 1. The van der Waals surface area contributed by atoms with Crippen molar-refractivity contribution in [3.05, 3.63) is 100 Å². The van der Waals surface area contributed by atoms with Gasteiger partial charge in [-0.05, 0) is 55.2 Å². The number of amides is 3. The number of halogens is 1. The van der Waals surface area contributed by atoms with E-state index in [0.29, 0.717) is 6.42 Å². The molecule has 3 amide bonds. The molecule has 0 fully saturated rings. The van der Waals surface area contributed by atoms with E-state index in [1.54, 1.807) is 17.0 Å². The van der Waals surface area contributed by atoms with Crippen molar-refractivity contribution in [1.82, 2.24) is 14.5 Å². The molecule has 0 radical (unpaired) electrons. The van der Waals surface area contributed by atoms with Crippen molar-refractivity contribution in [2.75, 3.05) is 6.54 Å². The van der Waals surface area contributed by atoms with Crippen molar-refractivity contribution in [3.63, 3.8) is 0 Å². The van der Waals surface area contributed by atoms with Crippen LogP contribution in [0, 0.1) is 0 Å². The lowest BCUT2D eigenvalue weighted by atomic mass is 10.0. The van der Waals surface area contributed by atoms with Crippen LogP contribution in [0.2, 0.25) is 0 Å². The molecule has 0 unspecified atom stereocenters. The molecule has 8 nitrogen and oxygen atoms in total. The molecule has 0 saturated heterocycles. The highest BCUT2D eigenvalue weighted by molar-refractivity contribution is 9.10. The summed E-state index contributed by atoms with van der Waals surface area (Å²) in [5, 5.41) is 3.04. The molecular weight excluding hydrogens is 606 g/mol. The van der Waals surface area contributed by atoms with Gasteiger partial charge in [0.05, 0.1) is 5.56 Å². The molecule has 1 N–H and O–H groups in total. The third kappa shape index (κ3) is 7.23. The summed E-state index contributed by atoms with van der Waals surface area (Å²) in [5.41, 5.74) is 1.89. The maximum absolute atomic E-state index is 13.8. The first-order valence-electron chi connectivity index (χ1n) is 13.7. The predicted octanol–water partition coefficient (Wildman–Crippen LogP) is 4.93. The van der Waals surface area contributed by atoms with Crippen LogP contribution in [0.1, 0.15) is 54.6 Å². The molecule has 216 valence electrons. The maximum Gasteiger partial charge on any atom is 0.269 e. The van der Waals surface area contributed by atoms with E-state index in [1.165, 1.54) is 12.1 Å². The van der Waals surface area contributed by atoms with Crippen LogP contribution in [-0.4, -0.2) is 54.0 Å². The summed E-state index contributed by atoms with van der Waals surface area (Å²) in [6, 6.07) is 22.3. The Hall–Kier alpha value is -3.50. The van der Waals surface area contributed by atoms with Gasteiger partial charge in [-0.3, -0.25) is 14.4 Å². The molecular formula is C31H34BrN3O5S. The summed E-state index contributed by atoms with van der Waals surface area (Å²) >= 11 is 3.48. The number of benzene rings is 3. The van der Waals surface area contributed by atoms with Gasteiger partial charge < -0.3 is 10.2 Å². The average molecular weight is 641 g/mol. The van der Waals surface area contributed by atoms with Crippen molar-refractivity contribution in [2.24, 2.45) is 0 Å². The summed E-state index contributed by atoms with van der Waals surface area (Å²) in [6.07, 6.45) is 1.14. The second kappa shape index (κ2) is 13.4. The molecule has 10 heteroatoms. The molecule has 2 atom stereocenters. The topological polar surface area (TPSA) is 104 Å². The van der Waals surface area contributed by atoms with Crippen molar-refractivity contribution < 1.29 is 22.8 Å². The summed E-state index contributed by atoms with van der Waals surface area (Å²) in [4.78, 5) is 41.8. The monoisotopic (exact) mass is 639 g/mol. The normalized spacial score (nSPS) is 15.2. The minimum atomic E-state index is -3.96. The summed E-state index contributed by atoms with van der Waals surface area (Å²) in [5.74, 6) is -1.14. The molecule has 1 aliphatic heterocycles. The first kappa shape index (κ1) is 30.5. The number of nitrogens with zero attached hydrogens (tertiary/aromatic N) is 2. The van der Waals surface area contributed by atoms with E-state index in [0.717, 1.165) is 26.3 Å². The van der Waals surface area contributed by atoms with Crippen LogP contribution in [0.5, 0.6) is 0 Å². The minimum absolute atomic E-state index is 0.0164. The number of rotatable bonds is 12. The first-order chi connectivity index (χ1) is 19.6. The molecule has 3 aromatic carbocycles. The van der Waals surface area contributed by atoms with Gasteiger partial charge in [0.25, 0.3) is 15.9 Å². The molecule has 0 bridgehead atoms. The smallest absolute Gasteiger partial charge is 0.269 e. The van der Waals surface area contributed by atoms with Gasteiger partial charge in [-0.2, -0.15) is 0 Å². The Labute approximate surface area is 249 Å². The number of sulfonamides is 1. The Bertz CT molecular complexity index is 1510. The largest absolute Gasteiger partial charge is 0.352 e. The molecule has 0 aromatic heterocycles. The van der Waals surface area contributed by atoms with E-state index < -0.39 is 22.0 Å². The van der Waals surface area contributed by atoms with Crippen LogP contribution >= 0.6 is 15.9 Å². The minimum Gasteiger partial charge on any atom is -0.352 e. The fraction of sp³-hybridized carbons (Fsp3) is 0.323. The van der Waals surface area contributed by atoms with Gasteiger partial charge in [0.1, 0.15) is 10.9 Å². The summed E-state index contributed by atoms with van der Waals surface area (Å²) < 4.78 is 27.6. The zero-order valence-electron chi connectivity index (χ0n) is 23.1. The highest BCUT2D eigenvalue weighted by Gasteiger charge is 2.40. The Kier molecular flexibility index (Phi) is 9.99. The van der Waals surface area contributed by atoms with Gasteiger partial charge in [-0.15, -0.1) is 0 Å². The number of nitrogens with one attached hydrogen (secondary N) is 1. The second-order valence-electron chi connectivity index (χ2n) is 10.2. The highest BCUT2D eigenvalue weighted by Crippen LogP contribution is 2.30. The number of carbonyl (C=O) groups excluding carboxylic acids is 3. The Morgan fingerprint density at radius 3 is 2.34 bits per heavy atom. The molecule has 0 aliphatic carbocycles. The first-order valence-corrected chi connectivity index (χ1v) is 15.9. The molecule has 0 saturated carbocycles. The third-order valence-corrected chi connectivity index (χ3v) is 9.51. The lowest BCUT2D eigenvalue weighted by Crippen LogP contribution is -2.52. The van der Waals surface area contributed by atoms with Crippen molar-refractivity contribution in [1.29, 1.82) is 0 Å². The molecule has 4 rings (SSSR count). The van der Waals surface area contributed by atoms with E-state index >= 15 is 0 Å². The number of carbonyl (C=O) groups is 3. The number of hydrogen-bond acceptors (Lipinski definition) is 5. The van der Waals surface area contributed by atoms with E-state index in [2.05, 4.69) is 21.2 Å². The van der Waals surface area contributed by atoms with Crippen LogP contribution in [0.4, 0.5) is 0 Å². The highest BCUT2D eigenvalue weighted by atomic mass is 79.9. The molecule has 3 aromatic rings. The van der Waals surface area contributed by atoms with Crippen molar-refractivity contribution in [2.45, 2.75) is 63.1 Å². The van der Waals surface area contributed by atoms with Crippen LogP contribution in [0.25, 0.3) is 0 Å². The summed E-state index contributed by atoms with van der Waals surface area (Å²) in [6.45, 7) is 3.96. The van der Waals surface area contributed by atoms with E-state index in [4.69, 9.17) is 0 Å². The Morgan fingerprint density at radius 1 is 0.976 bits per heavy atom. The van der Waals surface area contributed by atoms with Gasteiger partial charge in [0.15, 0.2) is 0 Å². The Balaban J connectivity index is 1.57. The van der Waals surface area contributed by atoms with Gasteiger partial charge in [-0.25, -0.2) is 12.7 Å². The lowest BCUT2D eigenvalue weighted by Gasteiger charge is -2.32. The number of fused-ring (bicyclic) bond motifs is 1. The van der Waals surface area contributed by atoms with Gasteiger partial charge in [-0.1, -0.05) is 77.5 Å². The van der Waals surface area contributed by atoms with E-state index in [-0.39, 0.29) is 54.2 Å². The van der Waals surface area contributed by atoms with E-state index in [9.17, 15) is 22.8 Å². The lowest BCUT2D eigenvalue weighted by molar-refractivity contribution is -0.141. The molecule has 41 heavy (non-hydrogen) atoms. The molecule has 1 aliphatic rings.